The third kappa shape index (κ3) is 6.55. The predicted molar refractivity (Wildman–Crippen MR) is 136 cm³/mol. The molecule has 4 aromatic carbocycles. The van der Waals surface area contributed by atoms with E-state index in [4.69, 9.17) is 30.5 Å². The molecule has 4 rings (SSSR count). The van der Waals surface area contributed by atoms with Crippen molar-refractivity contribution in [3.05, 3.63) is 102 Å². The number of rotatable bonds is 9. The van der Waals surface area contributed by atoms with Gasteiger partial charge in [-0.3, -0.25) is 4.79 Å². The first-order chi connectivity index (χ1) is 16.8. The number of ether oxygens (including phenoxy) is 4. The zero-order valence-electron chi connectivity index (χ0n) is 19.7. The van der Waals surface area contributed by atoms with Gasteiger partial charge in [0.1, 0.15) is 28.7 Å². The number of halogens is 1. The molecule has 0 heterocycles. The van der Waals surface area contributed by atoms with E-state index in [2.05, 4.69) is 0 Å². The minimum absolute atomic E-state index is 0.0485. The maximum absolute atomic E-state index is 11.7. The quantitative estimate of drug-likeness (QED) is 0.236. The Bertz CT molecular complexity index is 1300. The summed E-state index contributed by atoms with van der Waals surface area (Å²) >= 11 is 6.18. The number of hydrogen-bond donors (Lipinski definition) is 0. The summed E-state index contributed by atoms with van der Waals surface area (Å²) in [7, 11) is 0. The van der Waals surface area contributed by atoms with Gasteiger partial charge in [-0.25, -0.2) is 0 Å². The van der Waals surface area contributed by atoms with E-state index in [-0.39, 0.29) is 5.78 Å². The SMILES string of the molecule is CC(=O)C(C)(C)Oc1ccc(Oc2cccc(Oc3ccc(Cl)cc3Oc3ccccc3)c2)cc1. The number of hydrogen-bond acceptors (Lipinski definition) is 5. The summed E-state index contributed by atoms with van der Waals surface area (Å²) in [5, 5.41) is 0.541. The van der Waals surface area contributed by atoms with Crippen LogP contribution in [-0.2, 0) is 4.79 Å². The Balaban J connectivity index is 1.47. The summed E-state index contributed by atoms with van der Waals surface area (Å²) in [6.07, 6.45) is 0. The third-order valence-corrected chi connectivity index (χ3v) is 5.43. The third-order valence-electron chi connectivity index (χ3n) is 5.19. The fourth-order valence-electron chi connectivity index (χ4n) is 3.07. The van der Waals surface area contributed by atoms with Gasteiger partial charge >= 0.3 is 0 Å². The second-order valence-corrected chi connectivity index (χ2v) is 8.76. The highest BCUT2D eigenvalue weighted by atomic mass is 35.5. The fraction of sp³-hybridized carbons (Fsp3) is 0.138. The minimum atomic E-state index is -0.890. The Morgan fingerprint density at radius 3 is 1.89 bits per heavy atom. The van der Waals surface area contributed by atoms with Crippen molar-refractivity contribution in [2.45, 2.75) is 26.4 Å². The lowest BCUT2D eigenvalue weighted by atomic mass is 10.1. The number of ketones is 1. The second-order valence-electron chi connectivity index (χ2n) is 8.33. The number of carbonyl (C=O) groups excluding carboxylic acids is 1. The summed E-state index contributed by atoms with van der Waals surface area (Å²) in [6.45, 7) is 4.98. The maximum Gasteiger partial charge on any atom is 0.172 e. The van der Waals surface area contributed by atoms with Crippen LogP contribution in [0.1, 0.15) is 20.8 Å². The molecular formula is C29H25ClO5. The van der Waals surface area contributed by atoms with Crippen LogP contribution in [0.3, 0.4) is 0 Å². The van der Waals surface area contributed by atoms with Gasteiger partial charge in [-0.05, 0) is 81.4 Å². The van der Waals surface area contributed by atoms with E-state index in [1.165, 1.54) is 6.92 Å². The topological polar surface area (TPSA) is 54.0 Å². The van der Waals surface area contributed by atoms with Gasteiger partial charge < -0.3 is 18.9 Å². The van der Waals surface area contributed by atoms with Gasteiger partial charge in [-0.2, -0.15) is 0 Å². The molecular weight excluding hydrogens is 464 g/mol. The largest absolute Gasteiger partial charge is 0.480 e. The van der Waals surface area contributed by atoms with Gasteiger partial charge in [-0.1, -0.05) is 35.9 Å². The second kappa shape index (κ2) is 10.5. The van der Waals surface area contributed by atoms with Crippen LogP contribution in [0.25, 0.3) is 0 Å². The fourth-order valence-corrected chi connectivity index (χ4v) is 3.23. The minimum Gasteiger partial charge on any atom is -0.480 e. The van der Waals surface area contributed by atoms with E-state index in [1.807, 2.05) is 48.5 Å². The van der Waals surface area contributed by atoms with E-state index >= 15 is 0 Å². The molecule has 0 spiro atoms. The van der Waals surface area contributed by atoms with Crippen LogP contribution in [0.2, 0.25) is 5.02 Å². The van der Waals surface area contributed by atoms with Crippen LogP contribution in [0, 0.1) is 0 Å². The van der Waals surface area contributed by atoms with E-state index in [9.17, 15) is 4.79 Å². The Labute approximate surface area is 209 Å². The van der Waals surface area contributed by atoms with Crippen LogP contribution in [-0.4, -0.2) is 11.4 Å². The number of para-hydroxylation sites is 1. The molecule has 0 aromatic heterocycles. The lowest BCUT2D eigenvalue weighted by molar-refractivity contribution is -0.129. The first-order valence-corrected chi connectivity index (χ1v) is 11.4. The van der Waals surface area contributed by atoms with E-state index in [0.29, 0.717) is 45.3 Å². The zero-order valence-corrected chi connectivity index (χ0v) is 20.4. The summed E-state index contributed by atoms with van der Waals surface area (Å²) < 4.78 is 23.8. The molecule has 0 fully saturated rings. The standard InChI is InChI=1S/C29H25ClO5/c1-20(31)29(2,3)35-24-15-13-23(14-16-24)32-25-10-7-11-26(19-25)34-27-17-12-21(30)18-28(27)33-22-8-5-4-6-9-22/h4-19H,1-3H3. The van der Waals surface area contributed by atoms with Crippen molar-refractivity contribution in [2.75, 3.05) is 0 Å². The van der Waals surface area contributed by atoms with E-state index < -0.39 is 5.60 Å². The smallest absolute Gasteiger partial charge is 0.172 e. The number of Topliss-reactive ketones (excluding diaryl/α,β-unsaturated/α-hetero) is 1. The molecule has 0 N–H and O–H groups in total. The Morgan fingerprint density at radius 1 is 0.629 bits per heavy atom. The summed E-state index contributed by atoms with van der Waals surface area (Å²) in [5.74, 6) is 4.02. The summed E-state index contributed by atoms with van der Waals surface area (Å²) in [5.41, 5.74) is -0.890. The Hall–Kier alpha value is -3.96. The molecule has 0 atom stereocenters. The Kier molecular flexibility index (Phi) is 7.28. The predicted octanol–water partition coefficient (Wildman–Crippen LogP) is 8.46. The van der Waals surface area contributed by atoms with Crippen molar-refractivity contribution < 1.29 is 23.7 Å². The molecule has 6 heteroatoms. The van der Waals surface area contributed by atoms with Gasteiger partial charge in [0.15, 0.2) is 22.9 Å². The molecule has 0 radical (unpaired) electrons. The highest BCUT2D eigenvalue weighted by molar-refractivity contribution is 6.30. The van der Waals surface area contributed by atoms with Crippen LogP contribution >= 0.6 is 11.6 Å². The molecule has 0 unspecified atom stereocenters. The maximum atomic E-state index is 11.7. The van der Waals surface area contributed by atoms with Gasteiger partial charge in [0, 0.05) is 17.2 Å². The van der Waals surface area contributed by atoms with E-state index in [0.717, 1.165) is 0 Å². The first-order valence-electron chi connectivity index (χ1n) is 11.1. The van der Waals surface area contributed by atoms with Gasteiger partial charge in [-0.15, -0.1) is 0 Å². The van der Waals surface area contributed by atoms with Crippen LogP contribution < -0.4 is 18.9 Å². The molecule has 4 aromatic rings. The van der Waals surface area contributed by atoms with E-state index in [1.54, 1.807) is 62.4 Å². The lowest BCUT2D eigenvalue weighted by Gasteiger charge is -2.23. The number of carbonyl (C=O) groups is 1. The van der Waals surface area contributed by atoms with Crippen LogP contribution in [0.4, 0.5) is 0 Å². The van der Waals surface area contributed by atoms with Crippen molar-refractivity contribution in [3.63, 3.8) is 0 Å². The molecule has 0 saturated heterocycles. The lowest BCUT2D eigenvalue weighted by Crippen LogP contribution is -2.36. The van der Waals surface area contributed by atoms with Crippen LogP contribution in [0.15, 0.2) is 97.1 Å². The average molecular weight is 489 g/mol. The van der Waals surface area contributed by atoms with Gasteiger partial charge in [0.05, 0.1) is 0 Å². The molecule has 0 aliphatic carbocycles. The molecule has 0 aliphatic rings. The van der Waals surface area contributed by atoms with Gasteiger partial charge in [0.2, 0.25) is 0 Å². The Morgan fingerprint density at radius 2 is 1.20 bits per heavy atom. The first kappa shape index (κ1) is 24.2. The molecule has 0 amide bonds. The van der Waals surface area contributed by atoms with Crippen molar-refractivity contribution in [2.24, 2.45) is 0 Å². The highest BCUT2D eigenvalue weighted by Gasteiger charge is 2.25. The highest BCUT2D eigenvalue weighted by Crippen LogP contribution is 2.38. The normalized spacial score (nSPS) is 11.0. The summed E-state index contributed by atoms with van der Waals surface area (Å²) in [6, 6.07) is 29.0. The van der Waals surface area contributed by atoms with Gasteiger partial charge in [0.25, 0.3) is 0 Å². The molecule has 0 saturated carbocycles. The average Bonchev–Trinajstić information content (AvgIpc) is 2.83. The van der Waals surface area contributed by atoms with Crippen molar-refractivity contribution in [1.29, 1.82) is 0 Å². The van der Waals surface area contributed by atoms with Crippen molar-refractivity contribution >= 4 is 17.4 Å². The monoisotopic (exact) mass is 488 g/mol. The van der Waals surface area contributed by atoms with Crippen molar-refractivity contribution in [3.8, 4) is 40.2 Å². The summed E-state index contributed by atoms with van der Waals surface area (Å²) in [4.78, 5) is 11.7. The molecule has 0 bridgehead atoms. The van der Waals surface area contributed by atoms with Crippen molar-refractivity contribution in [1.82, 2.24) is 0 Å². The van der Waals surface area contributed by atoms with Crippen LogP contribution in [0.5, 0.6) is 40.2 Å². The zero-order chi connectivity index (χ0) is 24.8. The molecule has 5 nitrogen and oxygen atoms in total. The molecule has 35 heavy (non-hydrogen) atoms. The molecule has 178 valence electrons. The molecule has 0 aliphatic heterocycles. The number of benzene rings is 4.